The lowest BCUT2D eigenvalue weighted by Crippen LogP contribution is -2.81. The van der Waals surface area contributed by atoms with E-state index in [1.165, 1.54) is 0 Å². The van der Waals surface area contributed by atoms with Crippen LogP contribution in [0.3, 0.4) is 0 Å². The molecule has 0 aromatic heterocycles. The van der Waals surface area contributed by atoms with Gasteiger partial charge in [-0.2, -0.15) is 12.8 Å². The lowest BCUT2D eigenvalue weighted by atomic mass is 9.95. The Hall–Kier alpha value is -1.56. The fourth-order valence-electron chi connectivity index (χ4n) is 2.07. The molecule has 1 rings (SSSR count). The molecule has 0 atom stereocenters. The largest absolute Gasteiger partial charge is 0.353 e. The maximum atomic E-state index is 12.2. The van der Waals surface area contributed by atoms with Gasteiger partial charge < -0.3 is 0 Å². The molecule has 0 heterocycles. The second-order valence-corrected chi connectivity index (χ2v) is 6.13. The number of rotatable bonds is 2. The fourth-order valence-corrected chi connectivity index (χ4v) is 3.60. The van der Waals surface area contributed by atoms with Gasteiger partial charge >= 0.3 is 16.0 Å². The Kier molecular flexibility index (Phi) is 3.71. The van der Waals surface area contributed by atoms with Crippen molar-refractivity contribution >= 4 is 16.0 Å². The lowest BCUT2D eigenvalue weighted by Gasteiger charge is -2.16. The zero-order chi connectivity index (χ0) is 14.2. The first-order valence-corrected chi connectivity index (χ1v) is 7.05. The molecule has 5 nitrogen and oxygen atoms in total. The van der Waals surface area contributed by atoms with E-state index in [9.17, 15) is 8.42 Å². The van der Waals surface area contributed by atoms with Crippen molar-refractivity contribution in [3.63, 3.8) is 0 Å². The summed E-state index contributed by atoms with van der Waals surface area (Å²) >= 11 is 0. The van der Waals surface area contributed by atoms with Gasteiger partial charge in [-0.25, -0.2) is 0 Å². The summed E-state index contributed by atoms with van der Waals surface area (Å²) in [5, 5.41) is 0. The van der Waals surface area contributed by atoms with Crippen LogP contribution in [0.25, 0.3) is 0 Å². The van der Waals surface area contributed by atoms with Gasteiger partial charge in [0.15, 0.2) is 0 Å². The Morgan fingerprint density at radius 1 is 0.833 bits per heavy atom. The van der Waals surface area contributed by atoms with Gasteiger partial charge in [0, 0.05) is 0 Å². The van der Waals surface area contributed by atoms with Gasteiger partial charge in [-0.15, -0.1) is 0 Å². The quantitative estimate of drug-likeness (QED) is 0.487. The molecule has 0 fully saturated rings. The van der Waals surface area contributed by atoms with Crippen LogP contribution in [0.1, 0.15) is 27.8 Å². The standard InChI is InChI=1S/C12H19N3O2S/c1-6-7(2)9(4)11(10(5)8(6)3)18(16,17)15-12(13)14/h1-5H3,(H4,13,14,15)/p+1. The summed E-state index contributed by atoms with van der Waals surface area (Å²) in [6.07, 6.45) is 0. The molecule has 1 aromatic carbocycles. The van der Waals surface area contributed by atoms with E-state index in [2.05, 4.69) is 4.40 Å². The average molecular weight is 270 g/mol. The van der Waals surface area contributed by atoms with E-state index in [4.69, 9.17) is 11.5 Å². The zero-order valence-corrected chi connectivity index (χ0v) is 12.2. The molecule has 0 bridgehead atoms. The summed E-state index contributed by atoms with van der Waals surface area (Å²) in [6, 6.07) is 0. The predicted molar refractivity (Wildman–Crippen MR) is 71.7 cm³/mol. The highest BCUT2D eigenvalue weighted by Crippen LogP contribution is 2.28. The van der Waals surface area contributed by atoms with Crippen molar-refractivity contribution in [3.05, 3.63) is 27.8 Å². The van der Waals surface area contributed by atoms with E-state index in [1.807, 2.05) is 20.8 Å². The van der Waals surface area contributed by atoms with Crippen molar-refractivity contribution in [3.8, 4) is 0 Å². The number of nitrogens with one attached hydrogen (secondary N) is 1. The minimum atomic E-state index is -3.72. The molecule has 0 unspecified atom stereocenters. The summed E-state index contributed by atoms with van der Waals surface area (Å²) in [4.78, 5) is 0.261. The van der Waals surface area contributed by atoms with Crippen LogP contribution < -0.4 is 15.9 Å². The summed E-state index contributed by atoms with van der Waals surface area (Å²) in [7, 11) is -3.72. The molecule has 0 aliphatic rings. The van der Waals surface area contributed by atoms with Crippen LogP contribution in [0.2, 0.25) is 0 Å². The van der Waals surface area contributed by atoms with Crippen LogP contribution >= 0.6 is 0 Å². The van der Waals surface area contributed by atoms with Gasteiger partial charge in [0.2, 0.25) is 0 Å². The van der Waals surface area contributed by atoms with Gasteiger partial charge in [0.25, 0.3) is 0 Å². The van der Waals surface area contributed by atoms with Gasteiger partial charge in [-0.05, 0) is 62.4 Å². The molecule has 100 valence electrons. The van der Waals surface area contributed by atoms with Crippen molar-refractivity contribution in [1.82, 2.24) is 0 Å². The van der Waals surface area contributed by atoms with Crippen LogP contribution in [0.15, 0.2) is 4.90 Å². The van der Waals surface area contributed by atoms with E-state index in [-0.39, 0.29) is 10.9 Å². The molecule has 6 heteroatoms. The molecular weight excluding hydrogens is 250 g/mol. The van der Waals surface area contributed by atoms with Gasteiger partial charge in [-0.1, -0.05) is 0 Å². The molecule has 0 saturated carbocycles. The second kappa shape index (κ2) is 4.61. The molecule has 0 amide bonds. The molecule has 0 saturated heterocycles. The van der Waals surface area contributed by atoms with Gasteiger partial charge in [0.1, 0.15) is 4.90 Å². The molecular formula is C12H20N3O2S+. The number of benzene rings is 1. The third-order valence-electron chi connectivity index (χ3n) is 3.45. The number of nitrogens with two attached hydrogens (primary N) is 2. The normalized spacial score (nSPS) is 11.4. The van der Waals surface area contributed by atoms with E-state index in [1.54, 1.807) is 13.8 Å². The van der Waals surface area contributed by atoms with Crippen molar-refractivity contribution in [1.29, 1.82) is 0 Å². The van der Waals surface area contributed by atoms with Gasteiger partial charge in [0.05, 0.1) is 0 Å². The third kappa shape index (κ3) is 2.33. The maximum absolute atomic E-state index is 12.2. The minimum absolute atomic E-state index is 0.261. The highest BCUT2D eigenvalue weighted by atomic mass is 32.2. The summed E-state index contributed by atoms with van der Waals surface area (Å²) in [6.45, 7) is 9.38. The van der Waals surface area contributed by atoms with E-state index in [0.29, 0.717) is 0 Å². The van der Waals surface area contributed by atoms with Gasteiger partial charge in [-0.3, -0.25) is 11.5 Å². The van der Waals surface area contributed by atoms with E-state index < -0.39 is 10.0 Å². The van der Waals surface area contributed by atoms with Crippen LogP contribution in [-0.2, 0) is 10.0 Å². The molecule has 0 aliphatic heterocycles. The van der Waals surface area contributed by atoms with Crippen LogP contribution in [0.4, 0.5) is 0 Å². The monoisotopic (exact) mass is 270 g/mol. The number of hydrogen-bond acceptors (Lipinski definition) is 2. The highest BCUT2D eigenvalue weighted by Gasteiger charge is 2.24. The zero-order valence-electron chi connectivity index (χ0n) is 11.4. The number of hydrogen-bond donors (Lipinski definition) is 3. The van der Waals surface area contributed by atoms with Crippen LogP contribution in [0, 0.1) is 34.6 Å². The average Bonchev–Trinajstić information content (AvgIpc) is 2.21. The van der Waals surface area contributed by atoms with Crippen LogP contribution in [0.5, 0.6) is 0 Å². The highest BCUT2D eigenvalue weighted by molar-refractivity contribution is 7.84. The predicted octanol–water partition coefficient (Wildman–Crippen LogP) is -0.729. The summed E-state index contributed by atoms with van der Waals surface area (Å²) in [5.41, 5.74) is 14.9. The summed E-state index contributed by atoms with van der Waals surface area (Å²) in [5.74, 6) is -0.329. The second-order valence-electron chi connectivity index (χ2n) is 4.51. The Labute approximate surface area is 108 Å². The maximum Gasteiger partial charge on any atom is 0.353 e. The Bertz CT molecular complexity index is 598. The van der Waals surface area contributed by atoms with Crippen LogP contribution in [-0.4, -0.2) is 14.4 Å². The van der Waals surface area contributed by atoms with Crippen molar-refractivity contribution in [2.24, 2.45) is 11.5 Å². The molecule has 5 N–H and O–H groups in total. The summed E-state index contributed by atoms with van der Waals surface area (Å²) < 4.78 is 26.6. The van der Waals surface area contributed by atoms with Crippen molar-refractivity contribution < 1.29 is 12.8 Å². The Balaban J connectivity index is 3.78. The Morgan fingerprint density at radius 3 is 1.50 bits per heavy atom. The smallest absolute Gasteiger partial charge is 0.290 e. The Morgan fingerprint density at radius 2 is 1.17 bits per heavy atom. The molecule has 0 spiro atoms. The van der Waals surface area contributed by atoms with E-state index in [0.717, 1.165) is 27.8 Å². The topological polar surface area (TPSA) is 100 Å². The van der Waals surface area contributed by atoms with E-state index >= 15 is 0 Å². The molecule has 0 radical (unpaired) electrons. The molecule has 0 aliphatic carbocycles. The number of sulfonamides is 1. The first-order chi connectivity index (χ1) is 8.09. The first kappa shape index (κ1) is 14.5. The number of guanidine groups is 1. The first-order valence-electron chi connectivity index (χ1n) is 5.57. The SMILES string of the molecule is Cc1c(C)c(C)c(S(=O)(=O)[NH+]=C(N)N)c(C)c1C. The lowest BCUT2D eigenvalue weighted by molar-refractivity contribution is -0.270. The molecule has 18 heavy (non-hydrogen) atoms. The fraction of sp³-hybridized carbons (Fsp3) is 0.417. The third-order valence-corrected chi connectivity index (χ3v) is 5.11. The minimum Gasteiger partial charge on any atom is -0.290 e. The van der Waals surface area contributed by atoms with Crippen molar-refractivity contribution in [2.75, 3.05) is 0 Å². The van der Waals surface area contributed by atoms with Crippen molar-refractivity contribution in [2.45, 2.75) is 39.5 Å². The molecule has 1 aromatic rings.